The summed E-state index contributed by atoms with van der Waals surface area (Å²) in [6.07, 6.45) is 8.77. The Morgan fingerprint density at radius 1 is 0.538 bits per heavy atom. The maximum Gasteiger partial charge on any atom is 0.304 e. The molecule has 0 spiro atoms. The Morgan fingerprint density at radius 2 is 0.846 bits per heavy atom. The summed E-state index contributed by atoms with van der Waals surface area (Å²) in [5, 5.41) is 16.8. The summed E-state index contributed by atoms with van der Waals surface area (Å²) in [6.45, 7) is 23.0. The number of aromatic nitrogens is 6. The predicted octanol–water partition coefficient (Wildman–Crippen LogP) is 14.5. The highest BCUT2D eigenvalue weighted by Crippen LogP contribution is 2.10. The fraction of sp³-hybridized carbons (Fsp3) is 0.317. The number of halogens is 4. The van der Waals surface area contributed by atoms with Crippen LogP contribution in [0.3, 0.4) is 0 Å². The molecule has 0 aliphatic rings. The molecule has 13 nitrogen and oxygen atoms in total. The maximum absolute atomic E-state index is 9.43. The minimum Gasteiger partial charge on any atom is -0.412 e. The van der Waals surface area contributed by atoms with Crippen LogP contribution < -0.4 is 5.73 Å². The third-order valence-corrected chi connectivity index (χ3v) is 10.5. The van der Waals surface area contributed by atoms with Crippen molar-refractivity contribution in [3.63, 3.8) is 0 Å². The first-order chi connectivity index (χ1) is 36.6. The maximum atomic E-state index is 9.43. The molecule has 78 heavy (non-hydrogen) atoms. The normalized spacial score (nSPS) is 8.58. The number of H-pyrrole nitrogens is 1. The molecular weight excluding hydrogens is 1130 g/mol. The Morgan fingerprint density at radius 3 is 1.13 bits per heavy atom. The number of alkyl halides is 2. The quantitative estimate of drug-likeness (QED) is 0.0398. The minimum absolute atomic E-state index is 0. The lowest BCUT2D eigenvalue weighted by Gasteiger charge is -2.06. The average molecular weight is 1220 g/mol. The van der Waals surface area contributed by atoms with Gasteiger partial charge in [-0.25, -0.2) is 9.97 Å². The molecule has 3 aromatic heterocycles. The van der Waals surface area contributed by atoms with Crippen LogP contribution in [-0.2, 0) is 60.2 Å². The molecule has 0 saturated carbocycles. The fourth-order valence-corrected chi connectivity index (χ4v) is 6.30. The number of rotatable bonds is 12. The highest BCUT2D eigenvalue weighted by Gasteiger charge is 2.04. The molecule has 8 aromatic rings. The fourth-order valence-electron chi connectivity index (χ4n) is 5.47. The molecular formula is C60H89BrCl3N7O6S. The summed E-state index contributed by atoms with van der Waals surface area (Å²) < 4.78 is 6.53. The second-order valence-corrected chi connectivity index (χ2v) is 15.4. The first kappa shape index (κ1) is 83.8. The number of nitrogens with one attached hydrogen (secondary N) is 1. The van der Waals surface area contributed by atoms with E-state index in [0.29, 0.717) is 23.7 Å². The van der Waals surface area contributed by atoms with E-state index in [4.69, 9.17) is 39.8 Å². The van der Waals surface area contributed by atoms with Crippen molar-refractivity contribution in [2.24, 2.45) is 5.73 Å². The van der Waals surface area contributed by atoms with Gasteiger partial charge < -0.3 is 45.6 Å². The Kier molecular flexibility index (Phi) is 63.5. The molecule has 0 aliphatic heterocycles. The van der Waals surface area contributed by atoms with Gasteiger partial charge in [-0.05, 0) is 63.2 Å². The van der Waals surface area contributed by atoms with Crippen LogP contribution in [0.5, 0.6) is 0 Å². The molecule has 5 aromatic carbocycles. The van der Waals surface area contributed by atoms with Crippen molar-refractivity contribution in [1.29, 1.82) is 0 Å². The second kappa shape index (κ2) is 59.1. The van der Waals surface area contributed by atoms with E-state index in [0.717, 1.165) is 35.5 Å². The van der Waals surface area contributed by atoms with Crippen molar-refractivity contribution in [3.8, 4) is 0 Å². The van der Waals surface area contributed by atoms with Crippen LogP contribution in [0.25, 0.3) is 0 Å². The number of carbonyl (C=O) groups is 2. The van der Waals surface area contributed by atoms with Crippen LogP contribution in [0.15, 0.2) is 183 Å². The van der Waals surface area contributed by atoms with Gasteiger partial charge in [-0.2, -0.15) is 0 Å². The molecule has 0 aliphatic carbocycles. The molecule has 0 bridgehead atoms. The average Bonchev–Trinajstić information content (AvgIpc) is 4.25. The Labute approximate surface area is 495 Å². The lowest BCUT2D eigenvalue weighted by molar-refractivity contribution is -0.127. The number of carbonyl (C=O) groups excluding carboxylic acids is 2. The molecule has 0 atom stereocenters. The largest absolute Gasteiger partial charge is 0.412 e. The number of hydrogen-bond acceptors (Lipinski definition) is 8. The van der Waals surface area contributed by atoms with Gasteiger partial charge in [0.15, 0.2) is 4.77 Å². The van der Waals surface area contributed by atoms with Gasteiger partial charge in [-0.15, -0.1) is 11.6 Å². The van der Waals surface area contributed by atoms with E-state index in [9.17, 15) is 9.59 Å². The van der Waals surface area contributed by atoms with Gasteiger partial charge in [0.1, 0.15) is 0 Å². The third kappa shape index (κ3) is 38.9. The Hall–Kier alpha value is -5.56. The van der Waals surface area contributed by atoms with E-state index < -0.39 is 10.5 Å². The van der Waals surface area contributed by atoms with Crippen LogP contribution in [0.2, 0.25) is 0 Å². The van der Waals surface area contributed by atoms with Crippen molar-refractivity contribution in [1.82, 2.24) is 28.7 Å². The number of aliphatic hydroxyl groups excluding tert-OH is 2. The monoisotopic (exact) mass is 1220 g/mol. The van der Waals surface area contributed by atoms with Gasteiger partial charge in [0, 0.05) is 37.4 Å². The smallest absolute Gasteiger partial charge is 0.304 e. The lowest BCUT2D eigenvalue weighted by atomic mass is 10.2. The summed E-state index contributed by atoms with van der Waals surface area (Å²) in [6, 6.07) is 50.7. The summed E-state index contributed by atoms with van der Waals surface area (Å²) in [4.78, 5) is 29.8. The van der Waals surface area contributed by atoms with Gasteiger partial charge in [0.25, 0.3) is 0 Å². The van der Waals surface area contributed by atoms with Crippen LogP contribution >= 0.6 is 63.0 Å². The van der Waals surface area contributed by atoms with Gasteiger partial charge >= 0.3 is 10.5 Å². The molecule has 0 fully saturated rings. The van der Waals surface area contributed by atoms with E-state index in [1.807, 2.05) is 200 Å². The lowest BCUT2D eigenvalue weighted by Crippen LogP contribution is -2.04. The number of hydrogen-bond donors (Lipinski definition) is 4. The Balaban J connectivity index is -0.000000196. The van der Waals surface area contributed by atoms with E-state index in [-0.39, 0.29) is 31.6 Å². The highest BCUT2D eigenvalue weighted by molar-refractivity contribution is 9.08. The van der Waals surface area contributed by atoms with Crippen molar-refractivity contribution in [3.05, 3.63) is 233 Å². The Bertz CT molecular complexity index is 2430. The molecule has 9 N–H and O–H groups in total. The first-order valence-electron chi connectivity index (χ1n) is 25.0. The second-order valence-electron chi connectivity index (χ2n) is 13.5. The van der Waals surface area contributed by atoms with Gasteiger partial charge in [0.2, 0.25) is 0 Å². The minimum atomic E-state index is -1.14. The summed E-state index contributed by atoms with van der Waals surface area (Å²) in [5.41, 5.74) is 14.2. The summed E-state index contributed by atoms with van der Waals surface area (Å²) >= 11 is 23.3. The molecule has 8 rings (SSSR count). The van der Waals surface area contributed by atoms with Crippen LogP contribution in [0.4, 0.5) is 0 Å². The number of nitrogens with two attached hydrogens (primary N) is 1. The van der Waals surface area contributed by atoms with E-state index >= 15 is 0 Å². The summed E-state index contributed by atoms with van der Waals surface area (Å²) in [7, 11) is 0. The van der Waals surface area contributed by atoms with Gasteiger partial charge in [-0.3, -0.25) is 9.59 Å². The van der Waals surface area contributed by atoms with Gasteiger partial charge in [0.05, 0.1) is 61.6 Å². The van der Waals surface area contributed by atoms with Crippen molar-refractivity contribution in [2.75, 3.05) is 0 Å². The van der Waals surface area contributed by atoms with Crippen molar-refractivity contribution < 1.29 is 30.8 Å². The predicted molar refractivity (Wildman–Crippen MR) is 338 cm³/mol. The van der Waals surface area contributed by atoms with E-state index in [1.54, 1.807) is 24.9 Å². The number of benzene rings is 5. The van der Waals surface area contributed by atoms with Crippen molar-refractivity contribution >= 4 is 73.4 Å². The number of imidazole rings is 3. The molecule has 0 saturated heterocycles. The summed E-state index contributed by atoms with van der Waals surface area (Å²) in [5.74, 6) is 0.507. The standard InChI is InChI=1S/C11H11ClN2.C11H12N2OS.C11H12N2O.C7H7Br.C7H9N.C2Cl2O2.5C2H6.CH4.2H2O/c12-6-11-7-13-9-14(11)8-10-4-2-1-3-5-10;14-8-10-6-12-11(15)13(10)7-9-4-2-1-3-5-9;14-8-11-6-12-9-13(11)7-10-4-2-1-3-5-10;2*8-6-7-4-2-1-3-5-7;3-1(5)2(4)6;5*1-2;;;/h1-5,7,9H,6,8H2;1-6,14H,7-8H2,(H,12,15);1-6,9,14H,7-8H2;1-5H,6H2;1-5H,6,8H2;;5*1-2H3;1H4;2*1H2. The van der Waals surface area contributed by atoms with Crippen LogP contribution in [0, 0.1) is 4.77 Å². The molecule has 0 amide bonds. The van der Waals surface area contributed by atoms with E-state index in [1.165, 1.54) is 27.8 Å². The highest BCUT2D eigenvalue weighted by atomic mass is 79.9. The van der Waals surface area contributed by atoms with Crippen LogP contribution in [0.1, 0.15) is 122 Å². The SMILES string of the molecule is BrCc1ccccc1.C.CC.CC.CC.CC.CC.ClCc1cncn1Cc1ccccc1.NCc1ccccc1.O.O.O=C(Cl)C(=O)Cl.OCc1c[nH]c(=S)n1Cc1ccccc1.OCc1cncn1Cc1ccccc1. The molecule has 3 heterocycles. The zero-order valence-corrected chi connectivity index (χ0v) is 51.1. The zero-order valence-electron chi connectivity index (χ0n) is 46.4. The number of aliphatic hydroxyl groups is 2. The molecule has 434 valence electrons. The zero-order chi connectivity index (χ0) is 57.1. The molecule has 0 radical (unpaired) electrons. The molecule has 0 unspecified atom stereocenters. The van der Waals surface area contributed by atoms with Crippen molar-refractivity contribution in [2.45, 2.75) is 127 Å². The number of aromatic amines is 1. The van der Waals surface area contributed by atoms with Gasteiger partial charge in [-0.1, -0.05) is 244 Å². The van der Waals surface area contributed by atoms with E-state index in [2.05, 4.69) is 95.0 Å². The third-order valence-electron chi connectivity index (χ3n) is 8.82. The van der Waals surface area contributed by atoms with Crippen LogP contribution in [-0.4, -0.2) is 60.3 Å². The number of nitrogens with zero attached hydrogens (tertiary/aromatic N) is 5. The topological polar surface area (TPSA) is 220 Å². The first-order valence-corrected chi connectivity index (χ1v) is 27.8. The molecule has 18 heteroatoms.